The van der Waals surface area contributed by atoms with Crippen LogP contribution in [0.15, 0.2) is 48.5 Å². The summed E-state index contributed by atoms with van der Waals surface area (Å²) < 4.78 is 26.3. The molecule has 0 spiro atoms. The van der Waals surface area contributed by atoms with Gasteiger partial charge in [0.05, 0.1) is 18.2 Å². The molecule has 0 saturated carbocycles. The van der Waals surface area contributed by atoms with E-state index in [4.69, 9.17) is 15.2 Å². The molecule has 0 bridgehead atoms. The molecule has 0 unspecified atom stereocenters. The summed E-state index contributed by atoms with van der Waals surface area (Å²) in [6.07, 6.45) is -1.50. The topological polar surface area (TPSA) is 146 Å². The quantitative estimate of drug-likeness (QED) is 0.360. The van der Waals surface area contributed by atoms with Gasteiger partial charge in [0.25, 0.3) is 5.91 Å². The molecule has 5 N–H and O–H groups in total. The van der Waals surface area contributed by atoms with E-state index in [1.807, 2.05) is 13.8 Å². The number of amides is 2. The second-order valence-electron chi connectivity index (χ2n) is 11.5. The van der Waals surface area contributed by atoms with Crippen LogP contribution in [0.3, 0.4) is 0 Å². The number of rotatable bonds is 8. The van der Waals surface area contributed by atoms with Gasteiger partial charge in [-0.05, 0) is 61.4 Å². The molecule has 1 saturated heterocycles. The number of hydrogen-bond donors (Lipinski definition) is 4. The van der Waals surface area contributed by atoms with Gasteiger partial charge in [-0.15, -0.1) is 0 Å². The third-order valence-electron chi connectivity index (χ3n) is 7.51. The van der Waals surface area contributed by atoms with Crippen molar-refractivity contribution in [1.29, 1.82) is 0 Å². The number of phenols is 1. The number of nitrogens with zero attached hydrogens (tertiary/aromatic N) is 2. The smallest absolute Gasteiger partial charge is 0.256 e. The van der Waals surface area contributed by atoms with Crippen LogP contribution in [0.4, 0.5) is 4.39 Å². The van der Waals surface area contributed by atoms with Crippen LogP contribution in [0.1, 0.15) is 49.0 Å². The Morgan fingerprint density at radius 2 is 1.74 bits per heavy atom. The lowest BCUT2D eigenvalue weighted by Crippen LogP contribution is -2.52. The van der Waals surface area contributed by atoms with E-state index in [1.165, 1.54) is 35.2 Å². The molecular formula is C32H46FN3O7. The minimum atomic E-state index is -1.37. The molecule has 1 aliphatic rings. The van der Waals surface area contributed by atoms with Gasteiger partial charge < -0.3 is 40.3 Å². The Morgan fingerprint density at radius 3 is 2.44 bits per heavy atom. The van der Waals surface area contributed by atoms with Gasteiger partial charge in [-0.3, -0.25) is 9.59 Å². The predicted octanol–water partition coefficient (Wildman–Crippen LogP) is 2.34. The lowest BCUT2D eigenvalue weighted by molar-refractivity contribution is -0.133. The van der Waals surface area contributed by atoms with Gasteiger partial charge in [0.2, 0.25) is 5.91 Å². The number of phenolic OH excluding ortho intramolecular Hbond substituents is 1. The number of benzene rings is 2. The molecule has 1 heterocycles. The molecular weight excluding hydrogens is 557 g/mol. The van der Waals surface area contributed by atoms with Crippen molar-refractivity contribution >= 4 is 11.8 Å². The molecule has 10 nitrogen and oxygen atoms in total. The monoisotopic (exact) mass is 603 g/mol. The van der Waals surface area contributed by atoms with E-state index >= 15 is 0 Å². The van der Waals surface area contributed by atoms with Crippen LogP contribution < -0.4 is 5.73 Å². The summed E-state index contributed by atoms with van der Waals surface area (Å²) in [7, 11) is 0. The van der Waals surface area contributed by atoms with Crippen LogP contribution in [0.5, 0.6) is 5.75 Å². The molecule has 0 aromatic heterocycles. The normalized spacial score (nSPS) is 21.8. The van der Waals surface area contributed by atoms with E-state index in [-0.39, 0.29) is 56.5 Å². The van der Waals surface area contributed by atoms with Crippen LogP contribution in [0, 0.1) is 11.7 Å². The van der Waals surface area contributed by atoms with Gasteiger partial charge in [-0.25, -0.2) is 4.39 Å². The molecule has 0 aliphatic carbocycles. The summed E-state index contributed by atoms with van der Waals surface area (Å²) in [5.74, 6) is -1.18. The molecule has 4 atom stereocenters. The molecule has 2 amide bonds. The maximum absolute atomic E-state index is 14.7. The first kappa shape index (κ1) is 34.4. The van der Waals surface area contributed by atoms with Crippen LogP contribution in [0.2, 0.25) is 0 Å². The largest absolute Gasteiger partial charge is 0.508 e. The van der Waals surface area contributed by atoms with Crippen LogP contribution in [0.25, 0.3) is 0 Å². The van der Waals surface area contributed by atoms with E-state index in [1.54, 1.807) is 23.1 Å². The van der Waals surface area contributed by atoms with Crippen molar-refractivity contribution in [3.63, 3.8) is 0 Å². The highest BCUT2D eigenvalue weighted by Gasteiger charge is 2.32. The van der Waals surface area contributed by atoms with E-state index in [2.05, 4.69) is 0 Å². The highest BCUT2D eigenvalue weighted by atomic mass is 19.1. The Labute approximate surface area is 253 Å². The third-order valence-corrected chi connectivity index (χ3v) is 7.51. The molecule has 3 rings (SSSR count). The Hall–Kier alpha value is -3.09. The highest BCUT2D eigenvalue weighted by molar-refractivity contribution is 5.94. The lowest BCUT2D eigenvalue weighted by Gasteiger charge is -2.34. The number of carbonyl (C=O) groups is 2. The van der Waals surface area contributed by atoms with Crippen molar-refractivity contribution in [3.05, 3.63) is 65.5 Å². The number of carbonyl (C=O) groups excluding carboxylic acids is 2. The minimum Gasteiger partial charge on any atom is -0.508 e. The maximum Gasteiger partial charge on any atom is 0.256 e. The number of nitrogens with two attached hydrogens (primary N) is 1. The zero-order valence-corrected chi connectivity index (χ0v) is 25.1. The van der Waals surface area contributed by atoms with Gasteiger partial charge >= 0.3 is 0 Å². The average molecular weight is 604 g/mol. The zero-order chi connectivity index (χ0) is 31.4. The van der Waals surface area contributed by atoms with Crippen molar-refractivity contribution in [2.24, 2.45) is 11.7 Å². The molecule has 11 heteroatoms. The second-order valence-corrected chi connectivity index (χ2v) is 11.5. The van der Waals surface area contributed by atoms with Gasteiger partial charge in [-0.2, -0.15) is 0 Å². The molecule has 2 aromatic rings. The van der Waals surface area contributed by atoms with Crippen molar-refractivity contribution in [2.75, 3.05) is 46.0 Å². The lowest BCUT2D eigenvalue weighted by atomic mass is 10.0. The Morgan fingerprint density at radius 1 is 1.05 bits per heavy atom. The Bertz CT molecular complexity index is 1150. The van der Waals surface area contributed by atoms with E-state index in [9.17, 15) is 29.3 Å². The number of hydrogen-bond acceptors (Lipinski definition) is 8. The summed E-state index contributed by atoms with van der Waals surface area (Å²) in [6, 6.07) is 11.2. The van der Waals surface area contributed by atoms with Crippen molar-refractivity contribution in [1.82, 2.24) is 9.80 Å². The summed E-state index contributed by atoms with van der Waals surface area (Å²) in [5, 5.41) is 31.3. The van der Waals surface area contributed by atoms with Gasteiger partial charge in [0, 0.05) is 39.4 Å². The second kappa shape index (κ2) is 17.3. The number of aliphatic hydroxyl groups excluding tert-OH is 2. The predicted molar refractivity (Wildman–Crippen MR) is 160 cm³/mol. The van der Waals surface area contributed by atoms with Crippen molar-refractivity contribution in [2.45, 2.75) is 63.9 Å². The molecule has 0 radical (unpaired) electrons. The number of aromatic hydroxyl groups is 1. The average Bonchev–Trinajstić information content (AvgIpc) is 2.98. The first-order valence-electron chi connectivity index (χ1n) is 15.0. The van der Waals surface area contributed by atoms with Gasteiger partial charge in [-0.1, -0.05) is 38.1 Å². The van der Waals surface area contributed by atoms with Crippen molar-refractivity contribution in [3.8, 4) is 5.75 Å². The van der Waals surface area contributed by atoms with Crippen LogP contribution in [-0.4, -0.2) is 107 Å². The van der Waals surface area contributed by atoms with Gasteiger partial charge in [0.15, 0.2) is 0 Å². The highest BCUT2D eigenvalue weighted by Crippen LogP contribution is 2.17. The number of aliphatic hydroxyl groups is 2. The van der Waals surface area contributed by atoms with E-state index in [0.29, 0.717) is 38.3 Å². The molecule has 2 aromatic carbocycles. The van der Waals surface area contributed by atoms with E-state index in [0.717, 1.165) is 5.56 Å². The fourth-order valence-electron chi connectivity index (χ4n) is 4.85. The summed E-state index contributed by atoms with van der Waals surface area (Å²) in [4.78, 5) is 30.2. The first-order chi connectivity index (χ1) is 20.6. The fraction of sp³-hybridized carbons (Fsp3) is 0.562. The maximum atomic E-state index is 14.7. The summed E-state index contributed by atoms with van der Waals surface area (Å²) in [5.41, 5.74) is 6.97. The first-order valence-corrected chi connectivity index (χ1v) is 15.0. The number of ether oxygens (including phenoxy) is 2. The number of halogens is 1. The van der Waals surface area contributed by atoms with Crippen molar-refractivity contribution < 1.29 is 38.8 Å². The molecule has 43 heavy (non-hydrogen) atoms. The molecule has 1 aliphatic heterocycles. The Balaban J connectivity index is 1.87. The summed E-state index contributed by atoms with van der Waals surface area (Å²) >= 11 is 0. The fourth-order valence-corrected chi connectivity index (χ4v) is 4.85. The standard InChI is InChI=1S/C32H46FN3O7/c1-22(2)13-18-43-29-20-36(31(40)25-7-3-4-8-26(25)33)16-15-35(14-5-6-17-42-21-28(38)30(29)39)32(41)27(34)19-23-9-11-24(37)12-10-23/h3-4,7-12,22,27-30,37-39H,5-6,13-21,34H2,1-2H3/t27-,28+,29+,30+/m0/s1. The van der Waals surface area contributed by atoms with Crippen LogP contribution in [-0.2, 0) is 20.7 Å². The van der Waals surface area contributed by atoms with Gasteiger partial charge in [0.1, 0.15) is 29.9 Å². The third kappa shape index (κ3) is 10.8. The zero-order valence-electron chi connectivity index (χ0n) is 25.1. The van der Waals surface area contributed by atoms with Crippen LogP contribution >= 0.6 is 0 Å². The SMILES string of the molecule is CC(C)CCO[C@@H]1CN(C(=O)c2ccccc2F)CCN(C(=O)[C@@H](N)Cc2ccc(O)cc2)CCCCOC[C@@H](O)[C@H]1O. The van der Waals surface area contributed by atoms with E-state index < -0.39 is 36.1 Å². The Kier molecular flexibility index (Phi) is 13.8. The summed E-state index contributed by atoms with van der Waals surface area (Å²) in [6.45, 7) is 4.87. The molecule has 238 valence electrons. The molecule has 1 fully saturated rings. The minimum absolute atomic E-state index is 0.0220.